The number of likely N-dealkylation sites (N-methyl/N-ethyl adjacent to an activating group) is 1. The number of quaternary nitrogens is 1. The number of aliphatic hydroxyl groups is 1. The maximum atomic E-state index is 12.3. The van der Waals surface area contributed by atoms with Gasteiger partial charge in [-0.25, -0.2) is 4.98 Å². The number of amides is 1. The molecule has 0 saturated carbocycles. The minimum Gasteiger partial charge on any atom is -0.542 e. The Bertz CT molecular complexity index is 1410. The van der Waals surface area contributed by atoms with Crippen molar-refractivity contribution in [3.05, 3.63) is 60.7 Å². The van der Waals surface area contributed by atoms with Crippen LogP contribution in [0.1, 0.15) is 6.42 Å². The monoisotopic (exact) mass is 517 g/mol. The highest BCUT2D eigenvalue weighted by atomic mass is 19.4. The number of aromatic nitrogens is 1. The fourth-order valence-electron chi connectivity index (χ4n) is 3.57. The van der Waals surface area contributed by atoms with Gasteiger partial charge in [0.2, 0.25) is 11.8 Å². The van der Waals surface area contributed by atoms with Crippen LogP contribution in [0.15, 0.2) is 65.1 Å². The summed E-state index contributed by atoms with van der Waals surface area (Å²) in [7, 11) is 5.94. The zero-order chi connectivity index (χ0) is 27.4. The number of carbonyl (C=O) groups excluding carboxylic acids is 2. The molecule has 2 N–H and O–H groups in total. The van der Waals surface area contributed by atoms with Crippen molar-refractivity contribution in [2.45, 2.75) is 18.7 Å². The predicted octanol–water partition coefficient (Wildman–Crippen LogP) is 3.34. The quantitative estimate of drug-likeness (QED) is 0.379. The van der Waals surface area contributed by atoms with Crippen molar-refractivity contribution in [2.75, 3.05) is 33.0 Å². The molecule has 3 aromatic carbocycles. The number of nitrogens with one attached hydrogen (secondary N) is 1. The molecule has 0 aliphatic heterocycles. The minimum absolute atomic E-state index is 0.0503. The number of nitrogens with zero attached hydrogens (tertiary/aromatic N) is 2. The molecule has 11 heteroatoms. The fraction of sp³-hybridized carbons (Fsp3) is 0.269. The van der Waals surface area contributed by atoms with E-state index in [1.54, 1.807) is 18.2 Å². The van der Waals surface area contributed by atoms with Crippen LogP contribution in [0.4, 0.5) is 18.9 Å². The summed E-state index contributed by atoms with van der Waals surface area (Å²) in [6, 6.07) is 19.6. The molecule has 0 radical (unpaired) electrons. The number of aliphatic carboxylic acids is 1. The molecule has 4 aromatic rings. The summed E-state index contributed by atoms with van der Waals surface area (Å²) in [5.74, 6) is -2.70. The van der Waals surface area contributed by atoms with E-state index in [1.165, 1.54) is 0 Å². The third-order valence-electron chi connectivity index (χ3n) is 5.08. The maximum absolute atomic E-state index is 12.3. The molecule has 1 aromatic heterocycles. The number of hydrogen-bond acceptors (Lipinski definition) is 6. The number of fused-ring (bicyclic) bond motifs is 2. The number of hydrogen-bond donors (Lipinski definition) is 2. The molecule has 0 spiro atoms. The van der Waals surface area contributed by atoms with Crippen LogP contribution in [0, 0.1) is 0 Å². The highest BCUT2D eigenvalue weighted by Crippen LogP contribution is 2.28. The Labute approximate surface area is 210 Å². The molecular formula is C26H26F3N3O5. The van der Waals surface area contributed by atoms with Crippen molar-refractivity contribution in [2.24, 2.45) is 0 Å². The Morgan fingerprint density at radius 3 is 2.32 bits per heavy atom. The number of carbonyl (C=O) groups is 2. The van der Waals surface area contributed by atoms with Crippen LogP contribution in [0.25, 0.3) is 33.3 Å². The fourth-order valence-corrected chi connectivity index (χ4v) is 3.57. The van der Waals surface area contributed by atoms with Gasteiger partial charge in [0.25, 0.3) is 0 Å². The van der Waals surface area contributed by atoms with E-state index >= 15 is 0 Å². The number of oxazole rings is 1. The lowest BCUT2D eigenvalue weighted by Gasteiger charge is -2.26. The number of halogens is 3. The van der Waals surface area contributed by atoms with E-state index in [9.17, 15) is 23.1 Å². The zero-order valence-electron chi connectivity index (χ0n) is 20.4. The molecule has 0 aliphatic rings. The minimum atomic E-state index is -5.19. The summed E-state index contributed by atoms with van der Waals surface area (Å²) in [6.45, 7) is 0.505. The second-order valence-corrected chi connectivity index (χ2v) is 9.43. The molecule has 1 heterocycles. The van der Waals surface area contributed by atoms with Crippen LogP contribution in [-0.2, 0) is 9.59 Å². The van der Waals surface area contributed by atoms with Gasteiger partial charge in [-0.15, -0.1) is 0 Å². The van der Waals surface area contributed by atoms with E-state index < -0.39 is 18.2 Å². The summed E-state index contributed by atoms with van der Waals surface area (Å²) in [4.78, 5) is 25.7. The van der Waals surface area contributed by atoms with Crippen LogP contribution in [0.3, 0.4) is 0 Å². The predicted molar refractivity (Wildman–Crippen MR) is 130 cm³/mol. The Morgan fingerprint density at radius 1 is 1.05 bits per heavy atom. The van der Waals surface area contributed by atoms with Gasteiger partial charge in [0.05, 0.1) is 27.6 Å². The highest BCUT2D eigenvalue weighted by molar-refractivity contribution is 5.93. The summed E-state index contributed by atoms with van der Waals surface area (Å²) >= 11 is 0. The molecule has 4 rings (SSSR count). The standard InChI is InChI=1S/C24H25N3O3.C2HF3O2/c1-27(2,3)15-20(28)14-23(29)25-19-10-11-22-21(13-19)26-24(30-22)18-9-8-16-6-4-5-7-17(16)12-18;3-2(4,5)1(6)7/h4-13,20,28H,14-15H2,1-3H3;(H,6,7)/t20-;/m0./s1. The summed E-state index contributed by atoms with van der Waals surface area (Å²) in [5, 5.41) is 24.0. The lowest BCUT2D eigenvalue weighted by molar-refractivity contribution is -0.873. The van der Waals surface area contributed by atoms with Crippen molar-refractivity contribution < 1.29 is 41.9 Å². The summed E-state index contributed by atoms with van der Waals surface area (Å²) < 4.78 is 38.1. The van der Waals surface area contributed by atoms with E-state index in [1.807, 2.05) is 45.4 Å². The number of aliphatic hydroxyl groups excluding tert-OH is 1. The van der Waals surface area contributed by atoms with Crippen LogP contribution in [-0.4, -0.2) is 66.4 Å². The maximum Gasteiger partial charge on any atom is 0.430 e. The first-order valence-electron chi connectivity index (χ1n) is 11.2. The summed E-state index contributed by atoms with van der Waals surface area (Å²) in [6.07, 6.45) is -5.84. The first-order valence-corrected chi connectivity index (χ1v) is 11.2. The smallest absolute Gasteiger partial charge is 0.430 e. The zero-order valence-corrected chi connectivity index (χ0v) is 20.4. The van der Waals surface area contributed by atoms with Gasteiger partial charge in [-0.2, -0.15) is 13.2 Å². The average Bonchev–Trinajstić information content (AvgIpc) is 3.20. The van der Waals surface area contributed by atoms with E-state index in [-0.39, 0.29) is 12.3 Å². The third-order valence-corrected chi connectivity index (χ3v) is 5.08. The van der Waals surface area contributed by atoms with Gasteiger partial charge in [0.1, 0.15) is 24.1 Å². The number of anilines is 1. The molecule has 0 bridgehead atoms. The largest absolute Gasteiger partial charge is 0.542 e. The molecule has 0 aliphatic carbocycles. The molecule has 1 atom stereocenters. The van der Waals surface area contributed by atoms with E-state index in [2.05, 4.69) is 28.5 Å². The van der Waals surface area contributed by atoms with Crippen LogP contribution in [0.2, 0.25) is 0 Å². The third kappa shape index (κ3) is 8.02. The molecule has 8 nitrogen and oxygen atoms in total. The second-order valence-electron chi connectivity index (χ2n) is 9.43. The molecule has 0 saturated heterocycles. The number of benzene rings is 3. The number of rotatable bonds is 6. The van der Waals surface area contributed by atoms with Gasteiger partial charge in [-0.05, 0) is 41.1 Å². The Morgan fingerprint density at radius 2 is 1.70 bits per heavy atom. The van der Waals surface area contributed by atoms with Gasteiger partial charge in [0, 0.05) is 11.3 Å². The lowest BCUT2D eigenvalue weighted by atomic mass is 10.1. The normalized spacial score (nSPS) is 12.6. The summed E-state index contributed by atoms with van der Waals surface area (Å²) in [5.41, 5.74) is 2.85. The van der Waals surface area contributed by atoms with Crippen LogP contribution >= 0.6 is 0 Å². The molecule has 0 unspecified atom stereocenters. The van der Waals surface area contributed by atoms with E-state index in [0.29, 0.717) is 33.7 Å². The Kier molecular flexibility index (Phi) is 8.19. The van der Waals surface area contributed by atoms with Gasteiger partial charge in [0.15, 0.2) is 5.58 Å². The first-order chi connectivity index (χ1) is 17.2. The van der Waals surface area contributed by atoms with Crippen molar-refractivity contribution in [1.82, 2.24) is 4.98 Å². The van der Waals surface area contributed by atoms with Gasteiger partial charge in [-0.3, -0.25) is 4.79 Å². The SMILES string of the molecule is C[N+](C)(C)C[C@@H](O)CC(=O)Nc1ccc2oc(-c3ccc4ccccc4c3)nc2c1.O=C([O-])C(F)(F)F. The van der Waals surface area contributed by atoms with E-state index in [0.717, 1.165) is 16.3 Å². The van der Waals surface area contributed by atoms with Crippen molar-refractivity contribution >= 4 is 39.4 Å². The Hall–Kier alpha value is -3.96. The molecule has 1 amide bonds. The number of carboxylic acids is 1. The van der Waals surface area contributed by atoms with Crippen molar-refractivity contribution in [3.8, 4) is 11.5 Å². The lowest BCUT2D eigenvalue weighted by Crippen LogP contribution is -2.42. The molecule has 196 valence electrons. The number of alkyl halides is 3. The highest BCUT2D eigenvalue weighted by Gasteiger charge is 2.28. The van der Waals surface area contributed by atoms with Crippen molar-refractivity contribution in [1.29, 1.82) is 0 Å². The first kappa shape index (κ1) is 27.6. The average molecular weight is 518 g/mol. The topological polar surface area (TPSA) is 115 Å². The van der Waals surface area contributed by atoms with Gasteiger partial charge < -0.3 is 29.2 Å². The van der Waals surface area contributed by atoms with E-state index in [4.69, 9.17) is 14.3 Å². The molecule has 37 heavy (non-hydrogen) atoms. The van der Waals surface area contributed by atoms with Gasteiger partial charge in [-0.1, -0.05) is 30.3 Å². The Balaban J connectivity index is 0.000000479. The molecule has 0 fully saturated rings. The van der Waals surface area contributed by atoms with Gasteiger partial charge >= 0.3 is 6.18 Å². The van der Waals surface area contributed by atoms with Crippen LogP contribution in [0.5, 0.6) is 0 Å². The molecular weight excluding hydrogens is 491 g/mol. The van der Waals surface area contributed by atoms with Crippen molar-refractivity contribution in [3.63, 3.8) is 0 Å². The number of carboxylic acid groups (broad SMARTS) is 1. The van der Waals surface area contributed by atoms with Crippen LogP contribution < -0.4 is 10.4 Å². The second kappa shape index (κ2) is 11.0.